The van der Waals surface area contributed by atoms with Gasteiger partial charge in [0.05, 0.1) is 6.54 Å². The van der Waals surface area contributed by atoms with Gasteiger partial charge in [0, 0.05) is 63.8 Å². The standard InChI is InChI=1S/C19H28N4O5/c24-17-4-2-1-3-16(17)13-23-11-9-21(14-18(25)26)7-5-20-6-8-22(10-12-23)15-19(27)28/h1-4,9,11,20,24H,5-8,10,12-15H2,(H,25,26)(H,27,28)/b11-9-. The van der Waals surface area contributed by atoms with Crippen molar-refractivity contribution >= 4 is 11.9 Å². The van der Waals surface area contributed by atoms with Crippen molar-refractivity contribution in [2.24, 2.45) is 0 Å². The third kappa shape index (κ3) is 7.85. The van der Waals surface area contributed by atoms with Gasteiger partial charge in [-0.3, -0.25) is 14.5 Å². The van der Waals surface area contributed by atoms with Gasteiger partial charge in [-0.1, -0.05) is 18.2 Å². The maximum Gasteiger partial charge on any atom is 0.323 e. The van der Waals surface area contributed by atoms with Crippen LogP contribution in [0.4, 0.5) is 0 Å². The molecule has 1 aromatic carbocycles. The molecule has 154 valence electrons. The summed E-state index contributed by atoms with van der Waals surface area (Å²) in [7, 11) is 0. The van der Waals surface area contributed by atoms with Crippen molar-refractivity contribution < 1.29 is 24.9 Å². The molecule has 0 radical (unpaired) electrons. The summed E-state index contributed by atoms with van der Waals surface area (Å²) in [6.07, 6.45) is 3.54. The Morgan fingerprint density at radius 3 is 2.29 bits per heavy atom. The van der Waals surface area contributed by atoms with E-state index < -0.39 is 11.9 Å². The van der Waals surface area contributed by atoms with Gasteiger partial charge in [0.2, 0.25) is 0 Å². The van der Waals surface area contributed by atoms with E-state index in [-0.39, 0.29) is 18.8 Å². The first kappa shape index (κ1) is 21.5. The second kappa shape index (κ2) is 11.2. The Labute approximate surface area is 164 Å². The number of nitrogens with zero attached hydrogens (tertiary/aromatic N) is 3. The van der Waals surface area contributed by atoms with Crippen molar-refractivity contribution in [1.82, 2.24) is 20.0 Å². The summed E-state index contributed by atoms with van der Waals surface area (Å²) in [5, 5.41) is 31.5. The first-order valence-electron chi connectivity index (χ1n) is 9.24. The minimum absolute atomic E-state index is 0.0407. The molecule has 0 saturated heterocycles. The number of nitrogens with one attached hydrogen (secondary N) is 1. The molecule has 1 aromatic rings. The quantitative estimate of drug-likeness (QED) is 0.532. The van der Waals surface area contributed by atoms with Crippen LogP contribution in [0.1, 0.15) is 5.56 Å². The number of aromatic hydroxyl groups is 1. The van der Waals surface area contributed by atoms with Gasteiger partial charge in [0.25, 0.3) is 0 Å². The number of phenols is 1. The van der Waals surface area contributed by atoms with Crippen molar-refractivity contribution in [2.75, 3.05) is 52.4 Å². The lowest BCUT2D eigenvalue weighted by Gasteiger charge is -2.28. The van der Waals surface area contributed by atoms with Gasteiger partial charge in [-0.2, -0.15) is 0 Å². The molecular formula is C19H28N4O5. The molecule has 28 heavy (non-hydrogen) atoms. The maximum atomic E-state index is 11.1. The second-order valence-electron chi connectivity index (χ2n) is 6.68. The lowest BCUT2D eigenvalue weighted by molar-refractivity contribution is -0.139. The van der Waals surface area contributed by atoms with E-state index in [2.05, 4.69) is 5.32 Å². The molecule has 0 bridgehead atoms. The molecule has 0 fully saturated rings. The monoisotopic (exact) mass is 392 g/mol. The van der Waals surface area contributed by atoms with Gasteiger partial charge < -0.3 is 30.4 Å². The lowest BCUT2D eigenvalue weighted by atomic mass is 10.2. The van der Waals surface area contributed by atoms with Gasteiger partial charge in [-0.15, -0.1) is 0 Å². The average molecular weight is 392 g/mol. The number of para-hydroxylation sites is 1. The Bertz CT molecular complexity index is 682. The summed E-state index contributed by atoms with van der Waals surface area (Å²) >= 11 is 0. The Balaban J connectivity index is 2.16. The highest BCUT2D eigenvalue weighted by molar-refractivity contribution is 5.69. The fourth-order valence-electron chi connectivity index (χ4n) is 2.95. The molecule has 0 aromatic heterocycles. The fraction of sp³-hybridized carbons (Fsp3) is 0.474. The number of carboxylic acids is 2. The predicted molar refractivity (Wildman–Crippen MR) is 104 cm³/mol. The molecule has 1 heterocycles. The van der Waals surface area contributed by atoms with Crippen LogP contribution in [0.15, 0.2) is 36.7 Å². The van der Waals surface area contributed by atoms with Crippen molar-refractivity contribution in [3.05, 3.63) is 42.2 Å². The highest BCUT2D eigenvalue weighted by Crippen LogP contribution is 2.18. The molecule has 0 aliphatic carbocycles. The zero-order chi connectivity index (χ0) is 20.4. The SMILES string of the molecule is O=C(O)CN1/C=C\N(Cc2ccccc2O)CCN(CC(=O)O)CCNCC1. The van der Waals surface area contributed by atoms with Gasteiger partial charge in [0.1, 0.15) is 12.3 Å². The van der Waals surface area contributed by atoms with Gasteiger partial charge in [-0.05, 0) is 6.07 Å². The maximum absolute atomic E-state index is 11.1. The number of hydrogen-bond donors (Lipinski definition) is 4. The van der Waals surface area contributed by atoms with Crippen LogP contribution in [0.3, 0.4) is 0 Å². The Kier molecular flexibility index (Phi) is 8.57. The molecule has 0 saturated carbocycles. The van der Waals surface area contributed by atoms with E-state index in [0.29, 0.717) is 45.8 Å². The molecule has 9 heteroatoms. The Morgan fingerprint density at radius 1 is 0.893 bits per heavy atom. The van der Waals surface area contributed by atoms with E-state index in [1.165, 1.54) is 0 Å². The van der Waals surface area contributed by atoms with Crippen molar-refractivity contribution in [1.29, 1.82) is 0 Å². The van der Waals surface area contributed by atoms with Crippen LogP contribution in [0, 0.1) is 0 Å². The molecule has 1 aliphatic rings. The smallest absolute Gasteiger partial charge is 0.323 e. The average Bonchev–Trinajstić information content (AvgIpc) is 2.62. The van der Waals surface area contributed by atoms with Crippen LogP contribution in [0.2, 0.25) is 0 Å². The van der Waals surface area contributed by atoms with Crippen LogP contribution in [-0.2, 0) is 16.1 Å². The normalized spacial score (nSPS) is 18.1. The predicted octanol–water partition coefficient (Wildman–Crippen LogP) is 0.0418. The van der Waals surface area contributed by atoms with E-state index in [1.807, 2.05) is 21.9 Å². The number of aliphatic carboxylic acids is 2. The number of carbonyl (C=O) groups is 2. The molecule has 0 unspecified atom stereocenters. The van der Waals surface area contributed by atoms with Crippen LogP contribution in [0.25, 0.3) is 0 Å². The van der Waals surface area contributed by atoms with Gasteiger partial charge >= 0.3 is 11.9 Å². The molecule has 0 atom stereocenters. The molecule has 9 nitrogen and oxygen atoms in total. The molecule has 0 spiro atoms. The van der Waals surface area contributed by atoms with Crippen LogP contribution in [0.5, 0.6) is 5.75 Å². The first-order valence-corrected chi connectivity index (χ1v) is 9.24. The van der Waals surface area contributed by atoms with Gasteiger partial charge in [-0.25, -0.2) is 0 Å². The topological polar surface area (TPSA) is 117 Å². The van der Waals surface area contributed by atoms with Crippen LogP contribution < -0.4 is 5.32 Å². The van der Waals surface area contributed by atoms with E-state index >= 15 is 0 Å². The first-order chi connectivity index (χ1) is 13.4. The number of hydrogen-bond acceptors (Lipinski definition) is 7. The third-order valence-electron chi connectivity index (χ3n) is 4.43. The van der Waals surface area contributed by atoms with E-state index in [4.69, 9.17) is 10.2 Å². The van der Waals surface area contributed by atoms with Crippen LogP contribution in [-0.4, -0.2) is 94.3 Å². The summed E-state index contributed by atoms with van der Waals surface area (Å²) in [4.78, 5) is 27.7. The number of phenolic OH excluding ortho intramolecular Hbond substituents is 1. The van der Waals surface area contributed by atoms with Crippen molar-refractivity contribution in [3.8, 4) is 5.75 Å². The second-order valence-corrected chi connectivity index (χ2v) is 6.68. The van der Waals surface area contributed by atoms with Crippen molar-refractivity contribution in [2.45, 2.75) is 6.54 Å². The largest absolute Gasteiger partial charge is 0.508 e. The number of rotatable bonds is 6. The molecule has 2 rings (SSSR count). The highest BCUT2D eigenvalue weighted by Gasteiger charge is 2.14. The van der Waals surface area contributed by atoms with E-state index in [9.17, 15) is 14.7 Å². The molecular weight excluding hydrogens is 364 g/mol. The molecule has 4 N–H and O–H groups in total. The van der Waals surface area contributed by atoms with E-state index in [0.717, 1.165) is 5.56 Å². The minimum Gasteiger partial charge on any atom is -0.508 e. The third-order valence-corrected chi connectivity index (χ3v) is 4.43. The van der Waals surface area contributed by atoms with E-state index in [1.54, 1.807) is 29.4 Å². The number of carboxylic acid groups (broad SMARTS) is 2. The Morgan fingerprint density at radius 2 is 1.57 bits per heavy atom. The lowest BCUT2D eigenvalue weighted by Crippen LogP contribution is -2.42. The van der Waals surface area contributed by atoms with Gasteiger partial charge in [0.15, 0.2) is 0 Å². The highest BCUT2D eigenvalue weighted by atomic mass is 16.4. The summed E-state index contributed by atoms with van der Waals surface area (Å²) in [5.74, 6) is -1.59. The summed E-state index contributed by atoms with van der Waals surface area (Å²) in [6, 6.07) is 7.04. The Hall–Kier alpha value is -2.78. The molecule has 0 amide bonds. The zero-order valence-electron chi connectivity index (χ0n) is 15.8. The zero-order valence-corrected chi connectivity index (χ0v) is 15.8. The minimum atomic E-state index is -0.906. The number of benzene rings is 1. The van der Waals surface area contributed by atoms with Crippen LogP contribution >= 0.6 is 0 Å². The summed E-state index contributed by atoms with van der Waals surface area (Å²) in [6.45, 7) is 3.68. The summed E-state index contributed by atoms with van der Waals surface area (Å²) in [5.41, 5.74) is 0.746. The van der Waals surface area contributed by atoms with Crippen molar-refractivity contribution in [3.63, 3.8) is 0 Å². The summed E-state index contributed by atoms with van der Waals surface area (Å²) < 4.78 is 0. The fourth-order valence-corrected chi connectivity index (χ4v) is 2.95. The molecule has 1 aliphatic heterocycles.